The number of carboxylic acids is 1. The van der Waals surface area contributed by atoms with Crippen LogP contribution in [0.2, 0.25) is 0 Å². The van der Waals surface area contributed by atoms with Crippen molar-refractivity contribution >= 4 is 85.6 Å². The Balaban J connectivity index is 1.46. The maximum absolute atomic E-state index is 14.5. The van der Waals surface area contributed by atoms with Gasteiger partial charge in [-0.2, -0.15) is 8.42 Å². The number of aliphatic carboxylic acids is 1. The third-order valence-corrected chi connectivity index (χ3v) is 11.4. The number of rotatable bonds is 20. The first-order chi connectivity index (χ1) is 28.7. The lowest BCUT2D eigenvalue weighted by Gasteiger charge is -2.26. The molecule has 0 bridgehead atoms. The number of carbonyl (C=O) groups excluding carboxylic acids is 3. The predicted molar refractivity (Wildman–Crippen MR) is 216 cm³/mol. The van der Waals surface area contributed by atoms with Crippen LogP contribution < -0.4 is 21.5 Å². The van der Waals surface area contributed by atoms with Gasteiger partial charge in [0, 0.05) is 40.4 Å². The summed E-state index contributed by atoms with van der Waals surface area (Å²) in [6.07, 6.45) is 1.62. The quantitative estimate of drug-likeness (QED) is 0.0116. The maximum atomic E-state index is 14.5. The van der Waals surface area contributed by atoms with E-state index in [0.29, 0.717) is 60.4 Å². The molecule has 0 unspecified atom stereocenters. The van der Waals surface area contributed by atoms with Crippen LogP contribution in [0.1, 0.15) is 57.5 Å². The van der Waals surface area contributed by atoms with Crippen molar-refractivity contribution in [1.82, 2.24) is 9.88 Å². The van der Waals surface area contributed by atoms with E-state index in [1.54, 1.807) is 24.3 Å². The average molecular weight is 883 g/mol. The second-order valence-electron chi connectivity index (χ2n) is 13.1. The summed E-state index contributed by atoms with van der Waals surface area (Å²) in [4.78, 5) is 66.3. The fourth-order valence-corrected chi connectivity index (χ4v) is 8.33. The van der Waals surface area contributed by atoms with Gasteiger partial charge in [0.05, 0.1) is 69.2 Å². The molecule has 0 fully saturated rings. The standard InChI is InChI=1S/C38H34N4O15S3/c1-42-27-14-13-24(40-25-17-26(29(60(51,52)53)18-28(25)59-57-55-50)41-30(43)19-39-15-6-2-3-12-31(44)45)33-34(27)32(22-10-4-5-11-23(22)37(33)47)35(38(42)48)36(46)20-8-7-9-21(16-20)58-56-54-49/h4-5,7-11,13-14,16-18,39-40,49-50H,2-3,6,12,15,19H2,1H3,(H,41,43)(H,44,45)(H,51,52,53). The van der Waals surface area contributed by atoms with Crippen molar-refractivity contribution in [3.05, 3.63) is 105 Å². The molecule has 1 aromatic heterocycles. The Morgan fingerprint density at radius 3 is 2.27 bits per heavy atom. The number of fused-ring (bicyclic) bond motifs is 2. The zero-order valence-corrected chi connectivity index (χ0v) is 33.6. The number of carboxylic acid groups (broad SMARTS) is 1. The molecule has 0 radical (unpaired) electrons. The highest BCUT2D eigenvalue weighted by atomic mass is 32.2. The second kappa shape index (κ2) is 19.3. The SMILES string of the molecule is Cn1c(=O)c(C(=O)c2cccc(SOOO)c2)c2c3c(c(Nc4cc(NC(=O)CNCCCCCC(=O)O)c(S(=O)(=O)O)cc4SOOO)ccc31)C(=O)c1ccccc1-2. The van der Waals surface area contributed by atoms with Gasteiger partial charge in [0.2, 0.25) is 5.91 Å². The number of nitrogens with zero attached hydrogens (tertiary/aromatic N) is 1. The van der Waals surface area contributed by atoms with E-state index in [1.807, 2.05) is 0 Å². The number of amides is 1. The van der Waals surface area contributed by atoms with Gasteiger partial charge in [-0.25, -0.2) is 10.5 Å². The summed E-state index contributed by atoms with van der Waals surface area (Å²) < 4.78 is 45.7. The molecule has 6 rings (SSSR count). The largest absolute Gasteiger partial charge is 0.481 e. The number of ketones is 2. The summed E-state index contributed by atoms with van der Waals surface area (Å²) in [5.74, 6) is -2.83. The van der Waals surface area contributed by atoms with Crippen LogP contribution in [-0.2, 0) is 45.5 Å². The molecule has 0 atom stereocenters. The fraction of sp³-hybridized carbons (Fsp3) is 0.184. The van der Waals surface area contributed by atoms with Crippen LogP contribution in [0, 0.1) is 0 Å². The summed E-state index contributed by atoms with van der Waals surface area (Å²) in [5.41, 5.74) is -0.265. The van der Waals surface area contributed by atoms with Crippen molar-refractivity contribution in [2.45, 2.75) is 40.4 Å². The molecular formula is C38H34N4O15S3. The lowest BCUT2D eigenvalue weighted by molar-refractivity contribution is -0.432. The summed E-state index contributed by atoms with van der Waals surface area (Å²) in [6.45, 7) is 0.0617. The molecule has 60 heavy (non-hydrogen) atoms. The van der Waals surface area contributed by atoms with Gasteiger partial charge in [0.1, 0.15) is 4.90 Å². The maximum Gasteiger partial charge on any atom is 0.303 e. The van der Waals surface area contributed by atoms with E-state index < -0.39 is 44.0 Å². The highest BCUT2D eigenvalue weighted by molar-refractivity contribution is 7.95. The molecule has 1 amide bonds. The molecule has 22 heteroatoms. The number of carbonyl (C=O) groups is 4. The van der Waals surface area contributed by atoms with Crippen molar-refractivity contribution in [2.75, 3.05) is 23.7 Å². The molecule has 1 aliphatic rings. The zero-order valence-electron chi connectivity index (χ0n) is 31.1. The summed E-state index contributed by atoms with van der Waals surface area (Å²) >= 11 is 0.918. The molecule has 0 saturated heterocycles. The van der Waals surface area contributed by atoms with Gasteiger partial charge in [0.25, 0.3) is 15.7 Å². The number of aromatic nitrogens is 1. The van der Waals surface area contributed by atoms with E-state index in [0.717, 1.165) is 12.1 Å². The number of unbranched alkanes of at least 4 members (excludes halogenated alkanes) is 2. The number of anilines is 3. The van der Waals surface area contributed by atoms with Gasteiger partial charge in [-0.3, -0.25) is 28.5 Å². The van der Waals surface area contributed by atoms with Gasteiger partial charge in [-0.1, -0.05) is 52.9 Å². The molecule has 4 aromatic carbocycles. The second-order valence-corrected chi connectivity index (χ2v) is 16.0. The molecule has 1 heterocycles. The molecular weight excluding hydrogens is 849 g/mol. The number of hydrogen-bond acceptors (Lipinski definition) is 17. The van der Waals surface area contributed by atoms with E-state index >= 15 is 0 Å². The van der Waals surface area contributed by atoms with Crippen LogP contribution >= 0.6 is 24.1 Å². The number of pyridine rings is 1. The van der Waals surface area contributed by atoms with Crippen LogP contribution in [0.5, 0.6) is 0 Å². The van der Waals surface area contributed by atoms with Crippen LogP contribution in [0.4, 0.5) is 17.1 Å². The average Bonchev–Trinajstić information content (AvgIpc) is 3.22. The first-order valence-corrected chi connectivity index (χ1v) is 20.6. The monoisotopic (exact) mass is 882 g/mol. The van der Waals surface area contributed by atoms with Crippen LogP contribution in [0.3, 0.4) is 0 Å². The van der Waals surface area contributed by atoms with Crippen molar-refractivity contribution < 1.29 is 66.5 Å². The number of nitrogens with one attached hydrogen (secondary N) is 3. The van der Waals surface area contributed by atoms with Crippen molar-refractivity contribution in [1.29, 1.82) is 0 Å². The molecule has 314 valence electrons. The Bertz CT molecular complexity index is 2690. The van der Waals surface area contributed by atoms with Crippen molar-refractivity contribution in [3.8, 4) is 11.1 Å². The minimum atomic E-state index is -5.02. The van der Waals surface area contributed by atoms with E-state index in [4.69, 9.17) is 15.6 Å². The fourth-order valence-electron chi connectivity index (χ4n) is 6.71. The van der Waals surface area contributed by atoms with Gasteiger partial charge >= 0.3 is 5.97 Å². The van der Waals surface area contributed by atoms with E-state index in [-0.39, 0.29) is 73.6 Å². The Labute approximate surface area is 348 Å². The lowest BCUT2D eigenvalue weighted by Crippen LogP contribution is -2.29. The third kappa shape index (κ3) is 9.59. The number of aryl methyl sites for hydroxylation is 1. The summed E-state index contributed by atoms with van der Waals surface area (Å²) in [5, 5.41) is 42.4. The molecule has 7 N–H and O–H groups in total. The molecule has 0 aliphatic heterocycles. The lowest BCUT2D eigenvalue weighted by atomic mass is 9.80. The summed E-state index contributed by atoms with van der Waals surface area (Å²) in [6, 6.07) is 17.5. The van der Waals surface area contributed by atoms with Gasteiger partial charge in [0.15, 0.2) is 11.6 Å². The Morgan fingerprint density at radius 2 is 1.55 bits per heavy atom. The Hall–Kier alpha value is -5.50. The first-order valence-electron chi connectivity index (χ1n) is 17.7. The van der Waals surface area contributed by atoms with Crippen molar-refractivity contribution in [3.63, 3.8) is 0 Å². The smallest absolute Gasteiger partial charge is 0.303 e. The Kier molecular flexibility index (Phi) is 14.1. The first kappa shape index (κ1) is 44.1. The topological polar surface area (TPSA) is 278 Å². The highest BCUT2D eigenvalue weighted by Crippen LogP contribution is 2.45. The van der Waals surface area contributed by atoms with E-state index in [9.17, 15) is 36.9 Å². The zero-order chi connectivity index (χ0) is 43.1. The molecule has 1 aliphatic carbocycles. The van der Waals surface area contributed by atoms with Crippen LogP contribution in [-0.4, -0.2) is 69.7 Å². The summed E-state index contributed by atoms with van der Waals surface area (Å²) in [7, 11) is -3.58. The van der Waals surface area contributed by atoms with Crippen LogP contribution in [0.25, 0.3) is 22.0 Å². The predicted octanol–water partition coefficient (Wildman–Crippen LogP) is 6.00. The van der Waals surface area contributed by atoms with Gasteiger partial charge in [-0.05, 0) is 61.3 Å². The molecule has 19 nitrogen and oxygen atoms in total. The minimum Gasteiger partial charge on any atom is -0.481 e. The Morgan fingerprint density at radius 1 is 0.817 bits per heavy atom. The minimum absolute atomic E-state index is 0.0101. The van der Waals surface area contributed by atoms with Gasteiger partial charge in [-0.15, -0.1) is 8.67 Å². The highest BCUT2D eigenvalue weighted by Gasteiger charge is 2.34. The molecule has 0 spiro atoms. The van der Waals surface area contributed by atoms with Crippen molar-refractivity contribution in [2.24, 2.45) is 7.05 Å². The van der Waals surface area contributed by atoms with E-state index in [2.05, 4.69) is 34.7 Å². The van der Waals surface area contributed by atoms with Gasteiger partial charge < -0.3 is 25.6 Å². The number of benzene rings is 4. The molecule has 0 saturated carbocycles. The third-order valence-electron chi connectivity index (χ3n) is 9.30. The molecule has 5 aromatic rings. The van der Waals surface area contributed by atoms with Crippen LogP contribution in [0.15, 0.2) is 92.3 Å². The van der Waals surface area contributed by atoms with E-state index in [1.165, 1.54) is 48.0 Å². The number of hydrogen-bond donors (Lipinski definition) is 7. The normalized spacial score (nSPS) is 12.0.